The van der Waals surface area contributed by atoms with Gasteiger partial charge in [0.15, 0.2) is 0 Å². The van der Waals surface area contributed by atoms with Crippen LogP contribution in [-0.4, -0.2) is 37.7 Å². The molecule has 1 N–H and O–H groups in total. The van der Waals surface area contributed by atoms with E-state index < -0.39 is 0 Å². The topological polar surface area (TPSA) is 24.5 Å². The number of halogens is 3. The number of hydrogen-bond donors (Lipinski definition) is 1. The minimum atomic E-state index is -0.0351. The number of nitrogens with zero attached hydrogens (tertiary/aromatic N) is 1. The summed E-state index contributed by atoms with van der Waals surface area (Å²) in [6.07, 6.45) is 0. The molecule has 0 spiro atoms. The number of ether oxygens (including phenoxy) is 1. The SMILES string of the molecule is CCOc1ccc(Cl)cc1C(c1ccc(Cl)cc1Cl)N1CCNCC1. The minimum Gasteiger partial charge on any atom is -0.494 e. The highest BCUT2D eigenvalue weighted by atomic mass is 35.5. The minimum absolute atomic E-state index is 0.0351. The first kappa shape index (κ1) is 18.8. The smallest absolute Gasteiger partial charge is 0.124 e. The Morgan fingerprint density at radius 2 is 1.68 bits per heavy atom. The second kappa shape index (κ2) is 8.61. The van der Waals surface area contributed by atoms with Crippen molar-refractivity contribution >= 4 is 34.8 Å². The molecule has 2 aromatic rings. The van der Waals surface area contributed by atoms with Gasteiger partial charge in [-0.1, -0.05) is 40.9 Å². The Labute approximate surface area is 163 Å². The molecule has 1 atom stereocenters. The zero-order chi connectivity index (χ0) is 17.8. The van der Waals surface area contributed by atoms with Gasteiger partial charge in [-0.2, -0.15) is 0 Å². The Hall–Kier alpha value is -0.970. The van der Waals surface area contributed by atoms with Crippen molar-refractivity contribution in [1.82, 2.24) is 10.2 Å². The standard InChI is InChI=1S/C19H21Cl3N2O/c1-2-25-18-6-4-13(20)11-16(18)19(24-9-7-23-8-10-24)15-5-3-14(21)12-17(15)22/h3-6,11-12,19,23H,2,7-10H2,1H3. The predicted molar refractivity (Wildman–Crippen MR) is 105 cm³/mol. The van der Waals surface area contributed by atoms with Crippen molar-refractivity contribution in [1.29, 1.82) is 0 Å². The van der Waals surface area contributed by atoms with Crippen molar-refractivity contribution in [3.63, 3.8) is 0 Å². The summed E-state index contributed by atoms with van der Waals surface area (Å²) in [5.74, 6) is 0.835. The number of piperazine rings is 1. The van der Waals surface area contributed by atoms with Crippen LogP contribution in [0.4, 0.5) is 0 Å². The van der Waals surface area contributed by atoms with Gasteiger partial charge in [0.05, 0.1) is 12.6 Å². The van der Waals surface area contributed by atoms with Crippen LogP contribution in [0.3, 0.4) is 0 Å². The molecule has 0 radical (unpaired) electrons. The average molecular weight is 400 g/mol. The zero-order valence-corrected chi connectivity index (χ0v) is 16.3. The lowest BCUT2D eigenvalue weighted by molar-refractivity contribution is 0.194. The molecule has 1 aliphatic heterocycles. The Kier molecular flexibility index (Phi) is 6.48. The van der Waals surface area contributed by atoms with E-state index in [9.17, 15) is 0 Å². The molecule has 1 heterocycles. The van der Waals surface area contributed by atoms with Gasteiger partial charge in [-0.25, -0.2) is 0 Å². The van der Waals surface area contributed by atoms with Crippen LogP contribution in [0.25, 0.3) is 0 Å². The zero-order valence-electron chi connectivity index (χ0n) is 14.1. The monoisotopic (exact) mass is 398 g/mol. The molecule has 25 heavy (non-hydrogen) atoms. The van der Waals surface area contributed by atoms with Gasteiger partial charge in [-0.05, 0) is 42.8 Å². The molecule has 134 valence electrons. The first-order valence-electron chi connectivity index (χ1n) is 8.42. The van der Waals surface area contributed by atoms with Gasteiger partial charge >= 0.3 is 0 Å². The molecule has 0 amide bonds. The van der Waals surface area contributed by atoms with E-state index >= 15 is 0 Å². The third-order valence-electron chi connectivity index (χ3n) is 4.34. The summed E-state index contributed by atoms with van der Waals surface area (Å²) >= 11 is 19.0. The fourth-order valence-electron chi connectivity index (χ4n) is 3.24. The first-order valence-corrected chi connectivity index (χ1v) is 9.55. The van der Waals surface area contributed by atoms with Crippen molar-refractivity contribution in [2.24, 2.45) is 0 Å². The third kappa shape index (κ3) is 4.42. The Balaban J connectivity index is 2.12. The van der Waals surface area contributed by atoms with Crippen molar-refractivity contribution in [2.75, 3.05) is 32.8 Å². The van der Waals surface area contributed by atoms with Gasteiger partial charge in [0, 0.05) is 46.8 Å². The van der Waals surface area contributed by atoms with Crippen molar-refractivity contribution in [3.05, 3.63) is 62.6 Å². The van der Waals surface area contributed by atoms with Crippen LogP contribution in [0.2, 0.25) is 15.1 Å². The molecule has 1 aliphatic rings. The molecule has 0 aromatic heterocycles. The number of rotatable bonds is 5. The highest BCUT2D eigenvalue weighted by Crippen LogP contribution is 2.40. The van der Waals surface area contributed by atoms with Gasteiger partial charge in [0.1, 0.15) is 5.75 Å². The van der Waals surface area contributed by atoms with Crippen molar-refractivity contribution < 1.29 is 4.74 Å². The van der Waals surface area contributed by atoms with Crippen molar-refractivity contribution in [2.45, 2.75) is 13.0 Å². The molecular formula is C19H21Cl3N2O. The normalized spacial score (nSPS) is 16.6. The van der Waals surface area contributed by atoms with Crippen LogP contribution in [0.15, 0.2) is 36.4 Å². The maximum absolute atomic E-state index is 6.56. The molecule has 1 unspecified atom stereocenters. The number of hydrogen-bond acceptors (Lipinski definition) is 3. The second-order valence-electron chi connectivity index (χ2n) is 5.97. The van der Waals surface area contributed by atoms with E-state index in [-0.39, 0.29) is 6.04 Å². The van der Waals surface area contributed by atoms with Crippen LogP contribution >= 0.6 is 34.8 Å². The lowest BCUT2D eigenvalue weighted by Gasteiger charge is -2.36. The number of benzene rings is 2. The lowest BCUT2D eigenvalue weighted by Crippen LogP contribution is -2.45. The van der Waals surface area contributed by atoms with Crippen LogP contribution in [0, 0.1) is 0 Å². The van der Waals surface area contributed by atoms with Crippen LogP contribution in [-0.2, 0) is 0 Å². The van der Waals surface area contributed by atoms with Gasteiger partial charge in [-0.3, -0.25) is 4.90 Å². The quantitative estimate of drug-likeness (QED) is 0.762. The van der Waals surface area contributed by atoms with Gasteiger partial charge in [-0.15, -0.1) is 0 Å². The molecule has 3 rings (SSSR count). The van der Waals surface area contributed by atoms with E-state index in [1.807, 2.05) is 37.3 Å². The molecule has 0 bridgehead atoms. The average Bonchev–Trinajstić information content (AvgIpc) is 2.60. The highest BCUT2D eigenvalue weighted by molar-refractivity contribution is 6.35. The Morgan fingerprint density at radius 1 is 1.00 bits per heavy atom. The van der Waals surface area contributed by atoms with Gasteiger partial charge < -0.3 is 10.1 Å². The van der Waals surface area contributed by atoms with Crippen LogP contribution in [0.5, 0.6) is 5.75 Å². The van der Waals surface area contributed by atoms with E-state index in [0.717, 1.165) is 43.1 Å². The summed E-state index contributed by atoms with van der Waals surface area (Å²) in [7, 11) is 0. The molecule has 1 saturated heterocycles. The van der Waals surface area contributed by atoms with Crippen LogP contribution in [0.1, 0.15) is 24.1 Å². The fourth-order valence-corrected chi connectivity index (χ4v) is 3.94. The largest absolute Gasteiger partial charge is 0.494 e. The lowest BCUT2D eigenvalue weighted by atomic mass is 9.95. The third-order valence-corrected chi connectivity index (χ3v) is 5.14. The van der Waals surface area contributed by atoms with Crippen molar-refractivity contribution in [3.8, 4) is 5.75 Å². The maximum Gasteiger partial charge on any atom is 0.124 e. The molecule has 1 fully saturated rings. The van der Waals surface area contributed by atoms with Gasteiger partial charge in [0.25, 0.3) is 0 Å². The molecule has 3 nitrogen and oxygen atoms in total. The van der Waals surface area contributed by atoms with Gasteiger partial charge in [0.2, 0.25) is 0 Å². The fraction of sp³-hybridized carbons (Fsp3) is 0.368. The Morgan fingerprint density at radius 3 is 2.36 bits per heavy atom. The molecule has 2 aromatic carbocycles. The molecule has 6 heteroatoms. The summed E-state index contributed by atoms with van der Waals surface area (Å²) < 4.78 is 5.88. The summed E-state index contributed by atoms with van der Waals surface area (Å²) in [5.41, 5.74) is 2.04. The predicted octanol–water partition coefficient (Wildman–Crippen LogP) is 5.04. The van der Waals surface area contributed by atoms with E-state index in [0.29, 0.717) is 21.7 Å². The summed E-state index contributed by atoms with van der Waals surface area (Å²) in [6, 6.07) is 11.4. The second-order valence-corrected chi connectivity index (χ2v) is 7.25. The van der Waals surface area contributed by atoms with E-state index in [4.69, 9.17) is 39.5 Å². The molecule has 0 saturated carbocycles. The van der Waals surface area contributed by atoms with E-state index in [1.54, 1.807) is 6.07 Å². The first-order chi connectivity index (χ1) is 12.1. The summed E-state index contributed by atoms with van der Waals surface area (Å²) in [5, 5.41) is 5.36. The van der Waals surface area contributed by atoms with E-state index in [1.165, 1.54) is 0 Å². The highest BCUT2D eigenvalue weighted by Gasteiger charge is 2.28. The molecule has 0 aliphatic carbocycles. The van der Waals surface area contributed by atoms with Crippen LogP contribution < -0.4 is 10.1 Å². The maximum atomic E-state index is 6.56. The Bertz CT molecular complexity index is 733. The summed E-state index contributed by atoms with van der Waals surface area (Å²) in [6.45, 7) is 6.28. The van der Waals surface area contributed by atoms with E-state index in [2.05, 4.69) is 10.2 Å². The number of nitrogens with one attached hydrogen (secondary N) is 1. The molecular weight excluding hydrogens is 379 g/mol. The summed E-state index contributed by atoms with van der Waals surface area (Å²) in [4.78, 5) is 2.40.